The molecule has 1 aromatic carbocycles. The molecular formula is C23H24FN5O4. The molecule has 10 heteroatoms. The number of hydrogen-bond acceptors (Lipinski definition) is 7. The van der Waals surface area contributed by atoms with Crippen molar-refractivity contribution in [2.24, 2.45) is 0 Å². The van der Waals surface area contributed by atoms with Crippen LogP contribution in [0.2, 0.25) is 0 Å². The van der Waals surface area contributed by atoms with Gasteiger partial charge in [-0.1, -0.05) is 12.1 Å². The molecule has 1 spiro atoms. The summed E-state index contributed by atoms with van der Waals surface area (Å²) in [5, 5.41) is 3.31. The quantitative estimate of drug-likeness (QED) is 0.610. The van der Waals surface area contributed by atoms with Crippen molar-refractivity contribution >= 4 is 22.9 Å². The second-order valence-electron chi connectivity index (χ2n) is 8.96. The van der Waals surface area contributed by atoms with E-state index >= 15 is 4.39 Å². The molecule has 1 atom stereocenters. The number of halogens is 1. The number of nitrogen functional groups attached to an aromatic ring is 1. The Hall–Kier alpha value is -3.40. The molecule has 3 N–H and O–H groups in total. The Morgan fingerprint density at radius 3 is 2.94 bits per heavy atom. The van der Waals surface area contributed by atoms with Crippen molar-refractivity contribution in [3.8, 4) is 16.9 Å². The van der Waals surface area contributed by atoms with E-state index in [1.807, 2.05) is 10.8 Å². The van der Waals surface area contributed by atoms with Gasteiger partial charge in [0.05, 0.1) is 18.0 Å². The average Bonchev–Trinajstić information content (AvgIpc) is 3.51. The number of ether oxygens (including phenoxy) is 3. The smallest absolute Gasteiger partial charge is 0.407 e. The van der Waals surface area contributed by atoms with E-state index in [4.69, 9.17) is 19.9 Å². The Morgan fingerprint density at radius 2 is 2.18 bits per heavy atom. The SMILES string of the molecule is Nc1ncnc2c1c(-c1cccc(OC[C@@H]3CCCO3)c1F)cn2C1CC2(CNC(=O)O2)C1. The summed E-state index contributed by atoms with van der Waals surface area (Å²) in [5.41, 5.74) is 7.32. The van der Waals surface area contributed by atoms with Crippen molar-refractivity contribution in [2.75, 3.05) is 25.5 Å². The summed E-state index contributed by atoms with van der Waals surface area (Å²) in [6.45, 7) is 1.52. The fourth-order valence-electron chi connectivity index (χ4n) is 5.11. The molecule has 4 heterocycles. The van der Waals surface area contributed by atoms with Gasteiger partial charge in [-0.2, -0.15) is 0 Å². The van der Waals surface area contributed by atoms with Crippen LogP contribution in [0.5, 0.6) is 5.75 Å². The van der Waals surface area contributed by atoms with Crippen LogP contribution in [0.4, 0.5) is 15.0 Å². The van der Waals surface area contributed by atoms with Gasteiger partial charge in [-0.05, 0) is 18.9 Å². The monoisotopic (exact) mass is 453 g/mol. The molecule has 172 valence electrons. The molecule has 0 radical (unpaired) electrons. The molecule has 2 saturated heterocycles. The predicted molar refractivity (Wildman–Crippen MR) is 117 cm³/mol. The first-order valence-electron chi connectivity index (χ1n) is 11.1. The second kappa shape index (κ2) is 7.58. The number of rotatable bonds is 5. The van der Waals surface area contributed by atoms with E-state index in [1.165, 1.54) is 6.33 Å². The van der Waals surface area contributed by atoms with Crippen LogP contribution >= 0.6 is 0 Å². The number of amides is 1. The molecular weight excluding hydrogens is 429 g/mol. The second-order valence-corrected chi connectivity index (χ2v) is 8.96. The Bertz CT molecular complexity index is 1230. The van der Waals surface area contributed by atoms with Gasteiger partial charge in [0.2, 0.25) is 0 Å². The van der Waals surface area contributed by atoms with E-state index in [-0.39, 0.29) is 29.8 Å². The Labute approximate surface area is 189 Å². The molecule has 1 aliphatic carbocycles. The molecule has 33 heavy (non-hydrogen) atoms. The molecule has 1 saturated carbocycles. The van der Waals surface area contributed by atoms with E-state index in [9.17, 15) is 4.79 Å². The number of alkyl carbamates (subject to hydrolysis) is 1. The van der Waals surface area contributed by atoms with Gasteiger partial charge in [0.15, 0.2) is 11.6 Å². The van der Waals surface area contributed by atoms with Crippen LogP contribution in [0.1, 0.15) is 31.7 Å². The lowest BCUT2D eigenvalue weighted by Crippen LogP contribution is -2.47. The number of anilines is 1. The Balaban J connectivity index is 1.35. The van der Waals surface area contributed by atoms with Crippen molar-refractivity contribution in [2.45, 2.75) is 43.4 Å². The maximum atomic E-state index is 15.6. The molecule has 9 nitrogen and oxygen atoms in total. The van der Waals surface area contributed by atoms with Crippen LogP contribution in [-0.4, -0.2) is 52.1 Å². The molecule has 3 aromatic rings. The molecule has 3 fully saturated rings. The Morgan fingerprint density at radius 1 is 1.30 bits per heavy atom. The first kappa shape index (κ1) is 20.2. The van der Waals surface area contributed by atoms with Crippen molar-refractivity contribution in [3.63, 3.8) is 0 Å². The number of carbonyl (C=O) groups excluding carboxylic acids is 1. The average molecular weight is 453 g/mol. The largest absolute Gasteiger partial charge is 0.488 e. The first-order chi connectivity index (χ1) is 16.0. The number of nitrogens with two attached hydrogens (primary N) is 1. The lowest BCUT2D eigenvalue weighted by atomic mass is 9.75. The summed E-state index contributed by atoms with van der Waals surface area (Å²) in [6, 6.07) is 5.12. The van der Waals surface area contributed by atoms with Crippen molar-refractivity contribution < 1.29 is 23.4 Å². The molecule has 3 aliphatic rings. The van der Waals surface area contributed by atoms with Crippen LogP contribution in [0.15, 0.2) is 30.7 Å². The number of nitrogens with zero attached hydrogens (tertiary/aromatic N) is 3. The van der Waals surface area contributed by atoms with Crippen molar-refractivity contribution in [1.82, 2.24) is 19.9 Å². The summed E-state index contributed by atoms with van der Waals surface area (Å²) in [6.07, 6.45) is 6.06. The van der Waals surface area contributed by atoms with Crippen LogP contribution in [0.3, 0.4) is 0 Å². The van der Waals surface area contributed by atoms with Gasteiger partial charge in [0.25, 0.3) is 0 Å². The van der Waals surface area contributed by atoms with E-state index in [1.54, 1.807) is 18.2 Å². The van der Waals surface area contributed by atoms with Gasteiger partial charge in [-0.25, -0.2) is 19.2 Å². The van der Waals surface area contributed by atoms with Gasteiger partial charge < -0.3 is 29.8 Å². The topological polar surface area (TPSA) is 114 Å². The summed E-state index contributed by atoms with van der Waals surface area (Å²) >= 11 is 0. The number of nitrogens with one attached hydrogen (secondary N) is 1. The molecule has 1 amide bonds. The molecule has 0 bridgehead atoms. The standard InChI is InChI=1S/C23H24FN5O4/c24-19-15(4-1-5-17(19)32-10-14-3-2-6-31-14)16-9-29(21-18(16)20(25)27-12-28-21)13-7-23(8-13)11-26-22(30)33-23/h1,4-5,9,12-14H,2-3,6-8,10-11H2,(H,26,30)(H2,25,27,28)/t13?,14-,23?/m0/s1. The summed E-state index contributed by atoms with van der Waals surface area (Å²) in [4.78, 5) is 20.1. The normalized spacial score (nSPS) is 26.4. The third kappa shape index (κ3) is 3.36. The third-order valence-corrected chi connectivity index (χ3v) is 6.81. The minimum absolute atomic E-state index is 0.0101. The zero-order valence-corrected chi connectivity index (χ0v) is 17.9. The lowest BCUT2D eigenvalue weighted by Gasteiger charge is -2.43. The summed E-state index contributed by atoms with van der Waals surface area (Å²) in [5.74, 6) is -0.00973. The highest BCUT2D eigenvalue weighted by molar-refractivity contribution is 6.01. The van der Waals surface area contributed by atoms with Gasteiger partial charge >= 0.3 is 6.09 Å². The molecule has 2 aliphatic heterocycles. The van der Waals surface area contributed by atoms with E-state index < -0.39 is 11.4 Å². The highest BCUT2D eigenvalue weighted by Crippen LogP contribution is 2.48. The summed E-state index contributed by atoms with van der Waals surface area (Å²) < 4.78 is 34.3. The zero-order valence-electron chi connectivity index (χ0n) is 17.9. The number of carbonyl (C=O) groups is 1. The number of hydrogen-bond donors (Lipinski definition) is 2. The highest BCUT2D eigenvalue weighted by Gasteiger charge is 2.52. The van der Waals surface area contributed by atoms with Crippen molar-refractivity contribution in [3.05, 3.63) is 36.5 Å². The maximum absolute atomic E-state index is 15.6. The molecule has 0 unspecified atom stereocenters. The van der Waals surface area contributed by atoms with Gasteiger partial charge in [-0.15, -0.1) is 0 Å². The van der Waals surface area contributed by atoms with Crippen LogP contribution in [0, 0.1) is 5.82 Å². The van der Waals surface area contributed by atoms with E-state index in [0.717, 1.165) is 12.8 Å². The molecule has 6 rings (SSSR count). The minimum Gasteiger partial charge on any atom is -0.488 e. The van der Waals surface area contributed by atoms with E-state index in [0.29, 0.717) is 54.8 Å². The fraction of sp³-hybridized carbons (Fsp3) is 0.435. The van der Waals surface area contributed by atoms with Gasteiger partial charge in [0.1, 0.15) is 30.0 Å². The Kier molecular flexibility index (Phi) is 4.65. The highest BCUT2D eigenvalue weighted by atomic mass is 19.1. The maximum Gasteiger partial charge on any atom is 0.407 e. The number of benzene rings is 1. The first-order valence-corrected chi connectivity index (χ1v) is 11.1. The van der Waals surface area contributed by atoms with Gasteiger partial charge in [-0.3, -0.25) is 0 Å². The van der Waals surface area contributed by atoms with Crippen LogP contribution < -0.4 is 15.8 Å². The number of aromatic nitrogens is 3. The van der Waals surface area contributed by atoms with Crippen LogP contribution in [-0.2, 0) is 9.47 Å². The minimum atomic E-state index is -0.488. The molecule has 2 aromatic heterocycles. The van der Waals surface area contributed by atoms with Crippen LogP contribution in [0.25, 0.3) is 22.2 Å². The third-order valence-electron chi connectivity index (χ3n) is 6.81. The van der Waals surface area contributed by atoms with Crippen molar-refractivity contribution in [1.29, 1.82) is 0 Å². The predicted octanol–water partition coefficient (Wildman–Crippen LogP) is 3.19. The number of fused-ring (bicyclic) bond motifs is 1. The van der Waals surface area contributed by atoms with Gasteiger partial charge in [0, 0.05) is 42.8 Å². The summed E-state index contributed by atoms with van der Waals surface area (Å²) in [7, 11) is 0. The lowest BCUT2D eigenvalue weighted by molar-refractivity contribution is -0.0395. The zero-order chi connectivity index (χ0) is 22.6. The van der Waals surface area contributed by atoms with E-state index in [2.05, 4.69) is 15.3 Å². The fourth-order valence-corrected chi connectivity index (χ4v) is 5.11.